The molecule has 158 valence electrons. The molecule has 0 aliphatic rings. The molecule has 1 rings (SSSR count). The van der Waals surface area contributed by atoms with E-state index in [2.05, 4.69) is 13.0 Å². The van der Waals surface area contributed by atoms with Gasteiger partial charge in [-0.2, -0.15) is 0 Å². The average Bonchev–Trinajstić information content (AvgIpc) is 2.61. The smallest absolute Gasteiger partial charge is 0.508 e. The number of unbranched alkanes of at least 4 members (excludes halogenated alkanes) is 12. The van der Waals surface area contributed by atoms with Crippen LogP contribution in [0.25, 0.3) is 0 Å². The number of phenolic OH excluding ortho intramolecular Hbond substituents is 1. The SMILES string of the molecule is CCCCCCCCCCCCCCCc1cccc(O)c1.CO.[CH3-].[CH3-].[Zr+2]. The van der Waals surface area contributed by atoms with Gasteiger partial charge in [0, 0.05) is 7.11 Å². The van der Waals surface area contributed by atoms with Gasteiger partial charge in [0.15, 0.2) is 0 Å². The molecule has 0 aromatic heterocycles. The fraction of sp³-hybridized carbons (Fsp3) is 0.667. The first-order chi connectivity index (χ1) is 11.8. The van der Waals surface area contributed by atoms with E-state index in [1.807, 2.05) is 12.1 Å². The van der Waals surface area contributed by atoms with E-state index in [0.717, 1.165) is 13.5 Å². The summed E-state index contributed by atoms with van der Waals surface area (Å²) in [6.07, 6.45) is 19.3. The Labute approximate surface area is 190 Å². The molecular formula is C24H46O2Zr. The van der Waals surface area contributed by atoms with Gasteiger partial charge in [0.1, 0.15) is 5.75 Å². The van der Waals surface area contributed by atoms with Crippen LogP contribution >= 0.6 is 0 Å². The summed E-state index contributed by atoms with van der Waals surface area (Å²) >= 11 is 0. The molecule has 0 aliphatic heterocycles. The van der Waals surface area contributed by atoms with Crippen LogP contribution in [-0.2, 0) is 32.6 Å². The molecule has 0 spiro atoms. The maximum absolute atomic E-state index is 9.42. The zero-order chi connectivity index (χ0) is 17.9. The largest absolute Gasteiger partial charge is 2.00 e. The summed E-state index contributed by atoms with van der Waals surface area (Å²) in [5.41, 5.74) is 1.27. The van der Waals surface area contributed by atoms with Crippen LogP contribution in [0, 0.1) is 14.9 Å². The second-order valence-electron chi connectivity index (χ2n) is 6.66. The van der Waals surface area contributed by atoms with Gasteiger partial charge in [-0.1, -0.05) is 96.1 Å². The van der Waals surface area contributed by atoms with Gasteiger partial charge in [0.25, 0.3) is 0 Å². The second kappa shape index (κ2) is 28.1. The Morgan fingerprint density at radius 1 is 0.667 bits per heavy atom. The van der Waals surface area contributed by atoms with Crippen LogP contribution in [0.15, 0.2) is 24.3 Å². The van der Waals surface area contributed by atoms with Gasteiger partial charge in [-0.3, -0.25) is 0 Å². The van der Waals surface area contributed by atoms with E-state index >= 15 is 0 Å². The minimum absolute atomic E-state index is 0. The molecule has 2 nitrogen and oxygen atoms in total. The van der Waals surface area contributed by atoms with Gasteiger partial charge in [0.2, 0.25) is 0 Å². The van der Waals surface area contributed by atoms with Crippen LogP contribution in [0.2, 0.25) is 0 Å². The molecule has 0 amide bonds. The van der Waals surface area contributed by atoms with Crippen molar-refractivity contribution < 1.29 is 36.4 Å². The number of aliphatic hydroxyl groups excluding tert-OH is 1. The summed E-state index contributed by atoms with van der Waals surface area (Å²) in [6.45, 7) is 2.28. The summed E-state index contributed by atoms with van der Waals surface area (Å²) in [5.74, 6) is 0.396. The Kier molecular flexibility index (Phi) is 35.7. The Bertz CT molecular complexity index is 369. The molecule has 0 heterocycles. The first-order valence-corrected chi connectivity index (χ1v) is 10.1. The molecule has 1 aromatic rings. The van der Waals surface area contributed by atoms with Gasteiger partial charge in [-0.25, -0.2) is 0 Å². The monoisotopic (exact) mass is 456 g/mol. The Morgan fingerprint density at radius 2 is 1.07 bits per heavy atom. The van der Waals surface area contributed by atoms with Gasteiger partial charge in [-0.15, -0.1) is 0 Å². The van der Waals surface area contributed by atoms with E-state index in [4.69, 9.17) is 5.11 Å². The summed E-state index contributed by atoms with van der Waals surface area (Å²) in [5, 5.41) is 16.4. The predicted octanol–water partition coefficient (Wildman–Crippen LogP) is 7.53. The van der Waals surface area contributed by atoms with Crippen molar-refractivity contribution in [2.24, 2.45) is 0 Å². The zero-order valence-corrected chi connectivity index (χ0v) is 21.1. The fourth-order valence-corrected chi connectivity index (χ4v) is 3.06. The normalized spacial score (nSPS) is 9.15. The Morgan fingerprint density at radius 3 is 1.48 bits per heavy atom. The topological polar surface area (TPSA) is 40.5 Å². The quantitative estimate of drug-likeness (QED) is 0.224. The van der Waals surface area contributed by atoms with Gasteiger partial charge in [-0.05, 0) is 30.5 Å². The number of phenols is 1. The molecular weight excluding hydrogens is 411 g/mol. The van der Waals surface area contributed by atoms with E-state index in [0.29, 0.717) is 5.75 Å². The van der Waals surface area contributed by atoms with Gasteiger partial charge < -0.3 is 25.1 Å². The van der Waals surface area contributed by atoms with E-state index in [1.165, 1.54) is 89.0 Å². The van der Waals surface area contributed by atoms with Crippen molar-refractivity contribution in [2.45, 2.75) is 96.8 Å². The van der Waals surface area contributed by atoms with Crippen molar-refractivity contribution in [3.63, 3.8) is 0 Å². The van der Waals surface area contributed by atoms with Crippen LogP contribution in [0.5, 0.6) is 5.75 Å². The third-order valence-electron chi connectivity index (χ3n) is 4.48. The van der Waals surface area contributed by atoms with Crippen molar-refractivity contribution in [3.8, 4) is 5.75 Å². The number of aryl methyl sites for hydroxylation is 1. The molecule has 27 heavy (non-hydrogen) atoms. The Balaban J connectivity index is -0.000000511. The van der Waals surface area contributed by atoms with Crippen molar-refractivity contribution in [3.05, 3.63) is 44.7 Å². The standard InChI is InChI=1S/C21H36O.CH4O.2CH3.Zr/c1-2-3-4-5-6-7-8-9-10-11-12-13-14-16-20-17-15-18-21(22)19-20;1-2;;;/h15,17-19,22H,2-14,16H2,1H3;2H,1H3;2*1H3;/q;;2*-1;+2. The van der Waals surface area contributed by atoms with Gasteiger partial charge in [0.05, 0.1) is 0 Å². The molecule has 0 atom stereocenters. The summed E-state index contributed by atoms with van der Waals surface area (Å²) < 4.78 is 0. The molecule has 0 bridgehead atoms. The minimum Gasteiger partial charge on any atom is -0.508 e. The van der Waals surface area contributed by atoms with Crippen LogP contribution < -0.4 is 0 Å². The number of hydrogen-bond acceptors (Lipinski definition) is 2. The van der Waals surface area contributed by atoms with Crippen LogP contribution in [0.3, 0.4) is 0 Å². The molecule has 0 saturated heterocycles. The van der Waals surface area contributed by atoms with Gasteiger partial charge >= 0.3 is 26.2 Å². The predicted molar refractivity (Wildman–Crippen MR) is 118 cm³/mol. The molecule has 0 fully saturated rings. The average molecular weight is 458 g/mol. The molecule has 1 aromatic carbocycles. The van der Waals surface area contributed by atoms with Crippen molar-refractivity contribution in [1.82, 2.24) is 0 Å². The maximum Gasteiger partial charge on any atom is 2.00 e. The number of benzene rings is 1. The first-order valence-electron chi connectivity index (χ1n) is 10.1. The van der Waals surface area contributed by atoms with Crippen molar-refractivity contribution in [1.29, 1.82) is 0 Å². The first kappa shape index (κ1) is 34.4. The summed E-state index contributed by atoms with van der Waals surface area (Å²) in [6, 6.07) is 7.68. The van der Waals surface area contributed by atoms with Crippen LogP contribution in [-0.4, -0.2) is 17.3 Å². The molecule has 2 N–H and O–H groups in total. The van der Waals surface area contributed by atoms with Crippen molar-refractivity contribution >= 4 is 0 Å². The summed E-state index contributed by atoms with van der Waals surface area (Å²) in [4.78, 5) is 0. The Hall–Kier alpha value is -0.137. The third kappa shape index (κ3) is 23.8. The van der Waals surface area contributed by atoms with Crippen LogP contribution in [0.4, 0.5) is 0 Å². The number of aliphatic hydroxyl groups is 1. The third-order valence-corrected chi connectivity index (χ3v) is 4.48. The minimum atomic E-state index is 0. The summed E-state index contributed by atoms with van der Waals surface area (Å²) in [7, 11) is 1.00. The van der Waals surface area contributed by atoms with E-state index in [9.17, 15) is 5.11 Å². The number of rotatable bonds is 14. The fourth-order valence-electron chi connectivity index (χ4n) is 3.06. The molecule has 3 heteroatoms. The molecule has 0 radical (unpaired) electrons. The molecule has 0 unspecified atom stereocenters. The van der Waals surface area contributed by atoms with E-state index in [1.54, 1.807) is 6.07 Å². The number of hydrogen-bond donors (Lipinski definition) is 2. The van der Waals surface area contributed by atoms with E-state index < -0.39 is 0 Å². The zero-order valence-electron chi connectivity index (χ0n) is 18.6. The second-order valence-corrected chi connectivity index (χ2v) is 6.66. The maximum atomic E-state index is 9.42. The van der Waals surface area contributed by atoms with Crippen LogP contribution in [0.1, 0.15) is 96.0 Å². The molecule has 0 aliphatic carbocycles. The molecule has 0 saturated carbocycles. The van der Waals surface area contributed by atoms with Crippen molar-refractivity contribution in [2.75, 3.05) is 7.11 Å². The number of aromatic hydroxyl groups is 1. The van der Waals surface area contributed by atoms with E-state index in [-0.39, 0.29) is 41.1 Å².